The average molecular weight is 388 g/mol. The van der Waals surface area contributed by atoms with Gasteiger partial charge in [-0.2, -0.15) is 0 Å². The molecule has 27 heavy (non-hydrogen) atoms. The summed E-state index contributed by atoms with van der Waals surface area (Å²) in [6.07, 6.45) is 0. The highest BCUT2D eigenvalue weighted by Gasteiger charge is 2.21. The second kappa shape index (κ2) is 7.32. The van der Waals surface area contributed by atoms with E-state index < -0.39 is 10.0 Å². The van der Waals surface area contributed by atoms with Crippen molar-refractivity contribution in [1.82, 2.24) is 5.16 Å². The third kappa shape index (κ3) is 3.90. The van der Waals surface area contributed by atoms with Crippen LogP contribution in [0.4, 0.5) is 5.69 Å². The Morgan fingerprint density at radius 3 is 2.41 bits per heavy atom. The van der Waals surface area contributed by atoms with E-state index in [1.165, 1.54) is 14.2 Å². The maximum Gasteiger partial charge on any atom is 0.262 e. The molecule has 0 spiro atoms. The molecule has 3 aromatic rings. The van der Waals surface area contributed by atoms with Crippen LogP contribution >= 0.6 is 0 Å². The van der Waals surface area contributed by atoms with E-state index in [-0.39, 0.29) is 4.90 Å². The van der Waals surface area contributed by atoms with Crippen molar-refractivity contribution in [2.75, 3.05) is 18.9 Å². The third-order valence-electron chi connectivity index (χ3n) is 4.04. The van der Waals surface area contributed by atoms with E-state index in [9.17, 15) is 8.42 Å². The highest BCUT2D eigenvalue weighted by Crippen LogP contribution is 2.32. The van der Waals surface area contributed by atoms with E-state index in [2.05, 4.69) is 9.88 Å². The molecule has 7 nitrogen and oxygen atoms in total. The molecule has 8 heteroatoms. The Bertz CT molecular complexity index is 1070. The molecular weight excluding hydrogens is 368 g/mol. The molecule has 0 fully saturated rings. The Kier molecular flexibility index (Phi) is 5.09. The number of anilines is 1. The molecule has 1 N–H and O–H groups in total. The summed E-state index contributed by atoms with van der Waals surface area (Å²) in [6.45, 7) is 3.53. The summed E-state index contributed by atoms with van der Waals surface area (Å²) in [5.74, 6) is 1.43. The van der Waals surface area contributed by atoms with E-state index in [1.807, 2.05) is 0 Å². The number of aromatic nitrogens is 1. The van der Waals surface area contributed by atoms with Crippen molar-refractivity contribution in [3.8, 4) is 22.8 Å². The van der Waals surface area contributed by atoms with Gasteiger partial charge in [0, 0.05) is 17.7 Å². The van der Waals surface area contributed by atoms with Gasteiger partial charge in [-0.05, 0) is 37.6 Å². The number of hydrogen-bond donors (Lipinski definition) is 1. The van der Waals surface area contributed by atoms with Gasteiger partial charge in [0.15, 0.2) is 5.76 Å². The Balaban J connectivity index is 2.00. The predicted molar refractivity (Wildman–Crippen MR) is 102 cm³/mol. The molecule has 0 bridgehead atoms. The third-order valence-corrected chi connectivity index (χ3v) is 5.55. The Morgan fingerprint density at radius 2 is 1.78 bits per heavy atom. The maximum atomic E-state index is 13.0. The second-order valence-electron chi connectivity index (χ2n) is 5.98. The van der Waals surface area contributed by atoms with Crippen LogP contribution in [0.25, 0.3) is 11.3 Å². The fourth-order valence-corrected chi connectivity index (χ4v) is 3.97. The molecule has 0 atom stereocenters. The fraction of sp³-hybridized carbons (Fsp3) is 0.211. The topological polar surface area (TPSA) is 90.7 Å². The summed E-state index contributed by atoms with van der Waals surface area (Å²) in [7, 11) is -0.863. The van der Waals surface area contributed by atoms with E-state index >= 15 is 0 Å². The first-order chi connectivity index (χ1) is 12.8. The first-order valence-corrected chi connectivity index (χ1v) is 9.61. The number of rotatable bonds is 6. The average Bonchev–Trinajstić information content (AvgIpc) is 3.08. The van der Waals surface area contributed by atoms with Gasteiger partial charge in [-0.25, -0.2) is 8.42 Å². The monoisotopic (exact) mass is 388 g/mol. The fourth-order valence-electron chi connectivity index (χ4n) is 2.63. The lowest BCUT2D eigenvalue weighted by atomic mass is 10.1. The van der Waals surface area contributed by atoms with Crippen LogP contribution in [0.2, 0.25) is 0 Å². The number of ether oxygens (including phenoxy) is 2. The highest BCUT2D eigenvalue weighted by molar-refractivity contribution is 7.92. The number of sulfonamides is 1. The summed E-state index contributed by atoms with van der Waals surface area (Å²) in [6, 6.07) is 11.7. The summed E-state index contributed by atoms with van der Waals surface area (Å²) >= 11 is 0. The van der Waals surface area contributed by atoms with Gasteiger partial charge in [-0.1, -0.05) is 17.3 Å². The van der Waals surface area contributed by atoms with Crippen molar-refractivity contribution in [2.24, 2.45) is 0 Å². The van der Waals surface area contributed by atoms with Crippen LogP contribution in [0.15, 0.2) is 51.9 Å². The molecule has 0 amide bonds. The summed E-state index contributed by atoms with van der Waals surface area (Å²) in [4.78, 5) is 0.145. The van der Waals surface area contributed by atoms with Crippen molar-refractivity contribution < 1.29 is 22.4 Å². The lowest BCUT2D eigenvalue weighted by Gasteiger charge is -2.14. The zero-order chi connectivity index (χ0) is 19.6. The molecule has 0 unspecified atom stereocenters. The van der Waals surface area contributed by atoms with Gasteiger partial charge in [0.2, 0.25) is 0 Å². The number of nitrogens with one attached hydrogen (secondary N) is 1. The Morgan fingerprint density at radius 1 is 1.00 bits per heavy atom. The van der Waals surface area contributed by atoms with Crippen molar-refractivity contribution in [3.63, 3.8) is 0 Å². The van der Waals surface area contributed by atoms with E-state index in [0.717, 1.165) is 5.69 Å². The van der Waals surface area contributed by atoms with Crippen molar-refractivity contribution in [2.45, 2.75) is 18.7 Å². The van der Waals surface area contributed by atoms with Gasteiger partial charge in [0.25, 0.3) is 10.0 Å². The molecule has 1 aromatic heterocycles. The molecular formula is C19H20N2O5S. The van der Waals surface area contributed by atoms with Crippen LogP contribution in [0.5, 0.6) is 11.5 Å². The lowest BCUT2D eigenvalue weighted by Crippen LogP contribution is -2.15. The van der Waals surface area contributed by atoms with E-state index in [0.29, 0.717) is 34.1 Å². The molecule has 0 saturated carbocycles. The number of benzene rings is 2. The molecule has 0 saturated heterocycles. The molecule has 0 aliphatic rings. The van der Waals surface area contributed by atoms with Crippen LogP contribution < -0.4 is 14.2 Å². The van der Waals surface area contributed by atoms with Crippen LogP contribution in [0.3, 0.4) is 0 Å². The predicted octanol–water partition coefficient (Wildman–Crippen LogP) is 3.78. The van der Waals surface area contributed by atoms with Crippen LogP contribution in [-0.2, 0) is 10.0 Å². The minimum atomic E-state index is -3.85. The summed E-state index contributed by atoms with van der Waals surface area (Å²) in [5.41, 5.74) is 2.27. The van der Waals surface area contributed by atoms with Crippen molar-refractivity contribution in [1.29, 1.82) is 0 Å². The number of hydrogen-bond acceptors (Lipinski definition) is 6. The van der Waals surface area contributed by atoms with Crippen LogP contribution in [0, 0.1) is 13.8 Å². The molecule has 0 radical (unpaired) electrons. The zero-order valence-corrected chi connectivity index (χ0v) is 16.3. The number of aryl methyl sites for hydroxylation is 2. The standard InChI is InChI=1S/C19H20N2O5S/c1-12-5-6-14(17-9-13(2)20-26-17)10-19(12)27(22,23)21-16-8-7-15(24-3)11-18(16)25-4/h5-11,21H,1-4H3. The van der Waals surface area contributed by atoms with Gasteiger partial charge in [-0.15, -0.1) is 0 Å². The maximum absolute atomic E-state index is 13.0. The molecule has 2 aromatic carbocycles. The largest absolute Gasteiger partial charge is 0.497 e. The van der Waals surface area contributed by atoms with Gasteiger partial charge >= 0.3 is 0 Å². The number of methoxy groups -OCH3 is 2. The molecule has 142 valence electrons. The van der Waals surface area contributed by atoms with Gasteiger partial charge in [0.05, 0.1) is 30.5 Å². The molecule has 3 rings (SSSR count). The van der Waals surface area contributed by atoms with Gasteiger partial charge in [-0.3, -0.25) is 4.72 Å². The zero-order valence-electron chi connectivity index (χ0n) is 15.4. The quantitative estimate of drug-likeness (QED) is 0.691. The van der Waals surface area contributed by atoms with Crippen LogP contribution in [0.1, 0.15) is 11.3 Å². The first-order valence-electron chi connectivity index (χ1n) is 8.13. The van der Waals surface area contributed by atoms with E-state index in [1.54, 1.807) is 56.3 Å². The van der Waals surface area contributed by atoms with Gasteiger partial charge < -0.3 is 14.0 Å². The summed E-state index contributed by atoms with van der Waals surface area (Å²) in [5, 5.41) is 3.85. The van der Waals surface area contributed by atoms with Crippen LogP contribution in [-0.4, -0.2) is 27.8 Å². The van der Waals surface area contributed by atoms with Crippen molar-refractivity contribution in [3.05, 3.63) is 53.7 Å². The smallest absolute Gasteiger partial charge is 0.262 e. The van der Waals surface area contributed by atoms with Gasteiger partial charge in [0.1, 0.15) is 11.5 Å². The van der Waals surface area contributed by atoms with Crippen molar-refractivity contribution >= 4 is 15.7 Å². The van der Waals surface area contributed by atoms with E-state index in [4.69, 9.17) is 14.0 Å². The Hall–Kier alpha value is -3.00. The lowest BCUT2D eigenvalue weighted by molar-refractivity contribution is 0.395. The SMILES string of the molecule is COc1ccc(NS(=O)(=O)c2cc(-c3cc(C)no3)ccc2C)c(OC)c1. The highest BCUT2D eigenvalue weighted by atomic mass is 32.2. The molecule has 0 aliphatic carbocycles. The minimum absolute atomic E-state index is 0.145. The minimum Gasteiger partial charge on any atom is -0.497 e. The Labute approximate surface area is 158 Å². The first kappa shape index (κ1) is 18.8. The molecule has 0 aliphatic heterocycles. The number of nitrogens with zero attached hydrogens (tertiary/aromatic N) is 1. The summed E-state index contributed by atoms with van der Waals surface area (Å²) < 4.78 is 44.2. The molecule has 1 heterocycles. The normalized spacial score (nSPS) is 11.3. The second-order valence-corrected chi connectivity index (χ2v) is 7.64.